The van der Waals surface area contributed by atoms with Gasteiger partial charge in [0.15, 0.2) is 0 Å². The monoisotopic (exact) mass is 920 g/mol. The highest BCUT2D eigenvalue weighted by atomic mass is 16.5. The fraction of sp³-hybridized carbons (Fsp3) is 0.442. The predicted molar refractivity (Wildman–Crippen MR) is 260 cm³/mol. The van der Waals surface area contributed by atoms with Crippen LogP contribution in [0.4, 0.5) is 5.69 Å². The third-order valence-electron chi connectivity index (χ3n) is 11.1. The quantitative estimate of drug-likeness (QED) is 0.0288. The van der Waals surface area contributed by atoms with Crippen LogP contribution < -0.4 is 20.1 Å². The average Bonchev–Trinajstić information content (AvgIpc) is 4.08. The SMILES string of the molecule is C=C/C=C(\C=C)CNC(=O)C(c1ccc(C)cc1)N(C(=O)CCc1ccc(OCCCCN(C)CCOCCOCCc2cn(CCOCCOc3ccc(NC=O)cc3)nn2)cc1)C1CC1. The summed E-state index contributed by atoms with van der Waals surface area (Å²) in [4.78, 5) is 42.2. The standard InChI is InChI=1S/C52H69N7O8/c1-5-9-42(6-2)38-53-52(62)51(44-15-10-41(3)11-16-44)59(47-19-20-47)50(61)25-14-43-12-21-48(22-13-43)66-30-8-7-27-57(4)28-32-64-35-34-63-31-26-46-39-58(56-55-46)29-33-65-36-37-67-49-23-17-45(18-24-49)54-40-60/h5-6,9-13,15-18,21-24,39-40,47,51H,1-2,7-8,14,19-20,25-38H2,3-4H3,(H,53,62)(H,54,60)/b42-9+. The van der Waals surface area contributed by atoms with E-state index in [-0.39, 0.29) is 17.9 Å². The highest BCUT2D eigenvalue weighted by molar-refractivity contribution is 5.89. The molecule has 67 heavy (non-hydrogen) atoms. The molecule has 360 valence electrons. The fourth-order valence-corrected chi connectivity index (χ4v) is 7.13. The van der Waals surface area contributed by atoms with Crippen molar-refractivity contribution in [3.8, 4) is 11.5 Å². The number of carbonyl (C=O) groups excluding carboxylic acids is 3. The Morgan fingerprint density at radius 2 is 1.51 bits per heavy atom. The van der Waals surface area contributed by atoms with Crippen molar-refractivity contribution in [1.82, 2.24) is 30.1 Å². The molecule has 2 N–H and O–H groups in total. The first-order chi connectivity index (χ1) is 32.8. The van der Waals surface area contributed by atoms with Crippen LogP contribution in [0.5, 0.6) is 11.5 Å². The molecule has 3 amide bonds. The molecule has 0 aliphatic heterocycles. The number of hydrogen-bond acceptors (Lipinski definition) is 11. The van der Waals surface area contributed by atoms with E-state index < -0.39 is 6.04 Å². The smallest absolute Gasteiger partial charge is 0.247 e. The molecule has 1 unspecified atom stereocenters. The largest absolute Gasteiger partial charge is 0.494 e. The van der Waals surface area contributed by atoms with Gasteiger partial charge in [-0.2, -0.15) is 0 Å². The molecule has 1 aromatic heterocycles. The van der Waals surface area contributed by atoms with Gasteiger partial charge in [0.1, 0.15) is 24.1 Å². The lowest BCUT2D eigenvalue weighted by Gasteiger charge is -2.32. The topological polar surface area (TPSA) is 159 Å². The molecule has 1 heterocycles. The molecule has 0 radical (unpaired) electrons. The highest BCUT2D eigenvalue weighted by Crippen LogP contribution is 2.36. The summed E-state index contributed by atoms with van der Waals surface area (Å²) in [5.74, 6) is 1.28. The Kier molecular flexibility index (Phi) is 22.8. The zero-order valence-corrected chi connectivity index (χ0v) is 39.3. The van der Waals surface area contributed by atoms with E-state index in [2.05, 4.69) is 46.1 Å². The summed E-state index contributed by atoms with van der Waals surface area (Å²) in [5, 5.41) is 14.0. The molecule has 1 atom stereocenters. The van der Waals surface area contributed by atoms with Crippen molar-refractivity contribution in [2.45, 2.75) is 70.5 Å². The molecule has 1 fully saturated rings. The van der Waals surface area contributed by atoms with Crippen LogP contribution in [0, 0.1) is 6.92 Å². The number of aryl methyl sites for hydroxylation is 2. The lowest BCUT2D eigenvalue weighted by atomic mass is 10.0. The van der Waals surface area contributed by atoms with Gasteiger partial charge in [-0.1, -0.05) is 78.6 Å². The number of likely N-dealkylation sites (N-methyl/N-ethyl adjacent to an activating group) is 1. The Morgan fingerprint density at radius 1 is 0.821 bits per heavy atom. The molecular formula is C52H69N7O8. The van der Waals surface area contributed by atoms with Crippen LogP contribution in [0.3, 0.4) is 0 Å². The zero-order valence-electron chi connectivity index (χ0n) is 39.3. The summed E-state index contributed by atoms with van der Waals surface area (Å²) in [5.41, 5.74) is 5.36. The molecular weight excluding hydrogens is 851 g/mol. The molecule has 15 nitrogen and oxygen atoms in total. The molecule has 4 aromatic rings. The number of carbonyl (C=O) groups is 3. The molecule has 0 bridgehead atoms. The van der Waals surface area contributed by atoms with E-state index in [0.29, 0.717) is 103 Å². The van der Waals surface area contributed by atoms with Crippen LogP contribution in [0.25, 0.3) is 0 Å². The second-order valence-corrected chi connectivity index (χ2v) is 16.4. The van der Waals surface area contributed by atoms with E-state index in [9.17, 15) is 14.4 Å². The maximum atomic E-state index is 13.9. The van der Waals surface area contributed by atoms with Gasteiger partial charge in [0, 0.05) is 43.9 Å². The van der Waals surface area contributed by atoms with Gasteiger partial charge in [0.2, 0.25) is 18.2 Å². The fourth-order valence-electron chi connectivity index (χ4n) is 7.13. The molecule has 1 aliphatic carbocycles. The normalized spacial score (nSPS) is 12.9. The molecule has 0 saturated heterocycles. The van der Waals surface area contributed by atoms with Crippen molar-refractivity contribution in [2.24, 2.45) is 0 Å². The number of anilines is 1. The van der Waals surface area contributed by atoms with Gasteiger partial charge < -0.3 is 44.1 Å². The molecule has 1 saturated carbocycles. The van der Waals surface area contributed by atoms with Gasteiger partial charge in [0.05, 0.1) is 58.5 Å². The lowest BCUT2D eigenvalue weighted by Crippen LogP contribution is -2.45. The number of nitrogens with zero attached hydrogens (tertiary/aromatic N) is 5. The molecule has 1 aliphatic rings. The van der Waals surface area contributed by atoms with Crippen LogP contribution in [0.15, 0.2) is 116 Å². The first-order valence-electron chi connectivity index (χ1n) is 23.3. The highest BCUT2D eigenvalue weighted by Gasteiger charge is 2.41. The third-order valence-corrected chi connectivity index (χ3v) is 11.1. The van der Waals surface area contributed by atoms with Gasteiger partial charge in [-0.15, -0.1) is 5.10 Å². The number of ether oxygens (including phenoxy) is 5. The first kappa shape index (κ1) is 51.8. The van der Waals surface area contributed by atoms with Crippen LogP contribution in [0.1, 0.15) is 60.5 Å². The summed E-state index contributed by atoms with van der Waals surface area (Å²) in [6, 6.07) is 22.3. The summed E-state index contributed by atoms with van der Waals surface area (Å²) >= 11 is 0. The summed E-state index contributed by atoms with van der Waals surface area (Å²) in [6.07, 6.45) is 13.0. The van der Waals surface area contributed by atoms with Crippen LogP contribution in [0.2, 0.25) is 0 Å². The lowest BCUT2D eigenvalue weighted by molar-refractivity contribution is -0.141. The van der Waals surface area contributed by atoms with Crippen LogP contribution in [-0.4, -0.2) is 129 Å². The number of unbranched alkanes of at least 4 members (excludes halogenated alkanes) is 1. The number of benzene rings is 3. The van der Waals surface area contributed by atoms with Crippen LogP contribution in [-0.2, 0) is 48.0 Å². The van der Waals surface area contributed by atoms with Crippen molar-refractivity contribution < 1.29 is 38.1 Å². The van der Waals surface area contributed by atoms with Crippen molar-refractivity contribution in [3.05, 3.63) is 138 Å². The Hall–Kier alpha value is -6.13. The van der Waals surface area contributed by atoms with E-state index in [4.69, 9.17) is 23.7 Å². The van der Waals surface area contributed by atoms with Crippen LogP contribution >= 0.6 is 0 Å². The van der Waals surface area contributed by atoms with E-state index in [1.807, 2.05) is 72.6 Å². The number of hydrogen-bond donors (Lipinski definition) is 2. The van der Waals surface area contributed by atoms with Crippen molar-refractivity contribution in [1.29, 1.82) is 0 Å². The van der Waals surface area contributed by atoms with Gasteiger partial charge in [0.25, 0.3) is 0 Å². The number of amides is 3. The Labute approximate surface area is 396 Å². The Morgan fingerprint density at radius 3 is 2.21 bits per heavy atom. The van der Waals surface area contributed by atoms with E-state index in [1.165, 1.54) is 0 Å². The van der Waals surface area contributed by atoms with E-state index >= 15 is 0 Å². The molecule has 15 heteroatoms. The average molecular weight is 920 g/mol. The van der Waals surface area contributed by atoms with Crippen molar-refractivity contribution in [3.63, 3.8) is 0 Å². The Bertz CT molecular complexity index is 2120. The second kappa shape index (κ2) is 29.5. The number of aromatic nitrogens is 3. The first-order valence-corrected chi connectivity index (χ1v) is 23.3. The van der Waals surface area contributed by atoms with Crippen molar-refractivity contribution in [2.75, 3.05) is 84.9 Å². The second-order valence-electron chi connectivity index (χ2n) is 16.4. The van der Waals surface area contributed by atoms with Gasteiger partial charge in [-0.3, -0.25) is 14.4 Å². The number of allylic oxidation sites excluding steroid dienone is 2. The minimum atomic E-state index is -0.715. The molecule has 3 aromatic carbocycles. The van der Waals surface area contributed by atoms with Gasteiger partial charge in [-0.25, -0.2) is 4.68 Å². The summed E-state index contributed by atoms with van der Waals surface area (Å²) in [6.45, 7) is 16.5. The minimum Gasteiger partial charge on any atom is -0.494 e. The zero-order chi connectivity index (χ0) is 47.5. The predicted octanol–water partition coefficient (Wildman–Crippen LogP) is 6.70. The minimum absolute atomic E-state index is 0.0274. The molecule has 0 spiro atoms. The van der Waals surface area contributed by atoms with Gasteiger partial charge in [-0.05, 0) is 106 Å². The van der Waals surface area contributed by atoms with Crippen molar-refractivity contribution >= 4 is 23.9 Å². The van der Waals surface area contributed by atoms with E-state index in [0.717, 1.165) is 72.5 Å². The number of nitrogens with one attached hydrogen (secondary N) is 2. The maximum Gasteiger partial charge on any atom is 0.247 e. The Balaban J connectivity index is 0.874. The molecule has 5 rings (SSSR count). The number of rotatable bonds is 35. The maximum absolute atomic E-state index is 13.9. The van der Waals surface area contributed by atoms with E-state index in [1.54, 1.807) is 41.1 Å². The summed E-state index contributed by atoms with van der Waals surface area (Å²) < 4.78 is 30.6. The summed E-state index contributed by atoms with van der Waals surface area (Å²) in [7, 11) is 2.10. The van der Waals surface area contributed by atoms with Gasteiger partial charge >= 0.3 is 0 Å². The third kappa shape index (κ3) is 19.3.